The van der Waals surface area contributed by atoms with E-state index in [1.54, 1.807) is 13.1 Å². The van der Waals surface area contributed by atoms with Crippen LogP contribution in [0.25, 0.3) is 0 Å². The normalized spacial score (nSPS) is 17.5. The molecule has 1 amide bonds. The molecule has 0 heterocycles. The molecule has 1 N–H and O–H groups in total. The fourth-order valence-electron chi connectivity index (χ4n) is 2.55. The minimum atomic E-state index is -0.779. The Morgan fingerprint density at radius 3 is 2.68 bits per heavy atom. The quantitative estimate of drug-likeness (QED) is 0.926. The Balaban J connectivity index is 2.08. The number of halogens is 2. The number of carbonyl (C=O) groups is 1. The minimum Gasteiger partial charge on any atom is -0.388 e. The second-order valence-electron chi connectivity index (χ2n) is 5.22. The molecule has 104 valence electrons. The lowest BCUT2D eigenvalue weighted by Crippen LogP contribution is -2.42. The van der Waals surface area contributed by atoms with Gasteiger partial charge in [0.2, 0.25) is 0 Å². The van der Waals surface area contributed by atoms with Crippen LogP contribution in [0.1, 0.15) is 36.0 Å². The van der Waals surface area contributed by atoms with Gasteiger partial charge in [0.1, 0.15) is 5.82 Å². The summed E-state index contributed by atoms with van der Waals surface area (Å²) < 4.78 is 13.8. The van der Waals surface area contributed by atoms with Crippen molar-refractivity contribution in [2.24, 2.45) is 0 Å². The smallest absolute Gasteiger partial charge is 0.253 e. The molecule has 0 aromatic heterocycles. The highest BCUT2D eigenvalue weighted by Crippen LogP contribution is 2.30. The molecule has 1 fully saturated rings. The Kier molecular flexibility index (Phi) is 4.26. The van der Waals surface area contributed by atoms with Crippen LogP contribution in [0.4, 0.5) is 4.39 Å². The van der Waals surface area contributed by atoms with E-state index in [-0.39, 0.29) is 5.91 Å². The Bertz CT molecular complexity index is 486. The molecule has 0 atom stereocenters. The van der Waals surface area contributed by atoms with Crippen LogP contribution in [0, 0.1) is 5.82 Å². The van der Waals surface area contributed by atoms with Gasteiger partial charge >= 0.3 is 0 Å². The zero-order valence-corrected chi connectivity index (χ0v) is 12.4. The number of amides is 1. The number of hydrogen-bond donors (Lipinski definition) is 1. The van der Waals surface area contributed by atoms with E-state index in [1.807, 2.05) is 0 Å². The lowest BCUT2D eigenvalue weighted by molar-refractivity contribution is 0.0156. The highest BCUT2D eigenvalue weighted by atomic mass is 79.9. The Labute approximate surface area is 120 Å². The number of likely N-dealkylation sites (N-methyl/N-ethyl adjacent to an activating group) is 1. The van der Waals surface area contributed by atoms with Crippen LogP contribution in [0.15, 0.2) is 22.7 Å². The molecule has 0 spiro atoms. The Hall–Kier alpha value is -0.940. The van der Waals surface area contributed by atoms with Gasteiger partial charge in [0.05, 0.1) is 10.1 Å². The summed E-state index contributed by atoms with van der Waals surface area (Å²) in [5.41, 5.74) is -0.483. The van der Waals surface area contributed by atoms with Crippen molar-refractivity contribution >= 4 is 21.8 Å². The highest BCUT2D eigenvalue weighted by molar-refractivity contribution is 9.10. The molecule has 0 saturated heterocycles. The van der Waals surface area contributed by atoms with E-state index in [9.17, 15) is 14.3 Å². The van der Waals surface area contributed by atoms with E-state index in [2.05, 4.69) is 15.9 Å². The van der Waals surface area contributed by atoms with Gasteiger partial charge in [-0.05, 0) is 47.0 Å². The van der Waals surface area contributed by atoms with E-state index in [0.717, 1.165) is 25.7 Å². The van der Waals surface area contributed by atoms with Gasteiger partial charge in [0, 0.05) is 19.2 Å². The van der Waals surface area contributed by atoms with Crippen molar-refractivity contribution in [1.29, 1.82) is 0 Å². The van der Waals surface area contributed by atoms with Gasteiger partial charge in [-0.25, -0.2) is 4.39 Å². The number of carbonyl (C=O) groups excluding carboxylic acids is 1. The van der Waals surface area contributed by atoms with Crippen LogP contribution in [0.5, 0.6) is 0 Å². The number of hydrogen-bond acceptors (Lipinski definition) is 2. The third-order valence-electron chi connectivity index (χ3n) is 3.58. The first-order valence-corrected chi connectivity index (χ1v) is 7.13. The molecule has 0 unspecified atom stereocenters. The van der Waals surface area contributed by atoms with Crippen LogP contribution in [0.3, 0.4) is 0 Å². The summed E-state index contributed by atoms with van der Waals surface area (Å²) in [6.07, 6.45) is 3.43. The lowest BCUT2D eigenvalue weighted by atomic mass is 10.0. The first kappa shape index (κ1) is 14.5. The van der Waals surface area contributed by atoms with Crippen molar-refractivity contribution in [3.05, 3.63) is 34.1 Å². The summed E-state index contributed by atoms with van der Waals surface area (Å²) in [5, 5.41) is 10.3. The van der Waals surface area contributed by atoms with Crippen molar-refractivity contribution in [3.63, 3.8) is 0 Å². The number of aliphatic hydroxyl groups is 1. The zero-order chi connectivity index (χ0) is 14.0. The number of rotatable bonds is 3. The van der Waals surface area contributed by atoms with E-state index in [4.69, 9.17) is 0 Å². The molecule has 1 aliphatic carbocycles. The predicted molar refractivity (Wildman–Crippen MR) is 74.5 cm³/mol. The van der Waals surface area contributed by atoms with E-state index >= 15 is 0 Å². The number of nitrogens with zero attached hydrogens (tertiary/aromatic N) is 1. The van der Waals surface area contributed by atoms with Crippen molar-refractivity contribution in [1.82, 2.24) is 4.90 Å². The molecular weight excluding hydrogens is 313 g/mol. The van der Waals surface area contributed by atoms with Crippen molar-refractivity contribution in [2.45, 2.75) is 31.3 Å². The molecule has 5 heteroatoms. The third-order valence-corrected chi connectivity index (χ3v) is 4.22. The SMILES string of the molecule is CN(CC1(O)CCCC1)C(=O)c1ccc(Br)c(F)c1. The van der Waals surface area contributed by atoms with E-state index < -0.39 is 11.4 Å². The van der Waals surface area contributed by atoms with Gasteiger partial charge in [0.15, 0.2) is 0 Å². The summed E-state index contributed by atoms with van der Waals surface area (Å²) >= 11 is 3.06. The lowest BCUT2D eigenvalue weighted by Gasteiger charge is -2.28. The first-order chi connectivity index (χ1) is 8.91. The van der Waals surface area contributed by atoms with Crippen molar-refractivity contribution < 1.29 is 14.3 Å². The van der Waals surface area contributed by atoms with Crippen molar-refractivity contribution in [2.75, 3.05) is 13.6 Å². The molecule has 0 aliphatic heterocycles. The molecule has 2 rings (SSSR count). The number of benzene rings is 1. The van der Waals surface area contributed by atoms with Crippen molar-refractivity contribution in [3.8, 4) is 0 Å². The van der Waals surface area contributed by atoms with E-state index in [0.29, 0.717) is 16.6 Å². The summed E-state index contributed by atoms with van der Waals surface area (Å²) in [4.78, 5) is 13.6. The fraction of sp³-hybridized carbons (Fsp3) is 0.500. The predicted octanol–water partition coefficient (Wildman–Crippen LogP) is 2.97. The van der Waals surface area contributed by atoms with Gasteiger partial charge in [-0.1, -0.05) is 12.8 Å². The second-order valence-corrected chi connectivity index (χ2v) is 6.08. The maximum atomic E-state index is 13.4. The van der Waals surface area contributed by atoms with Crippen LogP contribution in [-0.2, 0) is 0 Å². The summed E-state index contributed by atoms with van der Waals surface area (Å²) in [7, 11) is 1.64. The van der Waals surface area contributed by atoms with Crippen LogP contribution >= 0.6 is 15.9 Å². The van der Waals surface area contributed by atoms with Gasteiger partial charge in [-0.3, -0.25) is 4.79 Å². The molecule has 0 radical (unpaired) electrons. The largest absolute Gasteiger partial charge is 0.388 e. The molecule has 1 aromatic rings. The fourth-order valence-corrected chi connectivity index (χ4v) is 2.80. The summed E-state index contributed by atoms with van der Waals surface area (Å²) in [6.45, 7) is 0.295. The Morgan fingerprint density at radius 1 is 1.47 bits per heavy atom. The molecule has 0 bridgehead atoms. The molecular formula is C14H17BrFNO2. The Morgan fingerprint density at radius 2 is 2.11 bits per heavy atom. The summed E-state index contributed by atoms with van der Waals surface area (Å²) in [5.74, 6) is -0.731. The zero-order valence-electron chi connectivity index (χ0n) is 10.8. The molecule has 1 aliphatic rings. The van der Waals surface area contributed by atoms with Crippen LogP contribution < -0.4 is 0 Å². The van der Waals surface area contributed by atoms with Gasteiger partial charge in [-0.15, -0.1) is 0 Å². The average molecular weight is 330 g/mol. The summed E-state index contributed by atoms with van der Waals surface area (Å²) in [6, 6.07) is 4.30. The van der Waals surface area contributed by atoms with Crippen LogP contribution in [-0.4, -0.2) is 35.1 Å². The van der Waals surface area contributed by atoms with Crippen LogP contribution in [0.2, 0.25) is 0 Å². The van der Waals surface area contributed by atoms with E-state index in [1.165, 1.54) is 17.0 Å². The topological polar surface area (TPSA) is 40.5 Å². The molecule has 1 saturated carbocycles. The maximum absolute atomic E-state index is 13.4. The monoisotopic (exact) mass is 329 g/mol. The third kappa shape index (κ3) is 3.34. The maximum Gasteiger partial charge on any atom is 0.253 e. The molecule has 19 heavy (non-hydrogen) atoms. The van der Waals surface area contributed by atoms with Gasteiger partial charge < -0.3 is 10.0 Å². The minimum absolute atomic E-state index is 0.272. The van der Waals surface area contributed by atoms with Gasteiger partial charge in [0.25, 0.3) is 5.91 Å². The molecule has 1 aromatic carbocycles. The standard InChI is InChI=1S/C14H17BrFNO2/c1-17(9-14(19)6-2-3-7-14)13(18)10-4-5-11(15)12(16)8-10/h4-5,8,19H,2-3,6-7,9H2,1H3. The second kappa shape index (κ2) is 5.59. The average Bonchev–Trinajstić information content (AvgIpc) is 2.78. The first-order valence-electron chi connectivity index (χ1n) is 6.34. The molecule has 3 nitrogen and oxygen atoms in total. The highest BCUT2D eigenvalue weighted by Gasteiger charge is 2.33. The van der Waals surface area contributed by atoms with Gasteiger partial charge in [-0.2, -0.15) is 0 Å².